The molecule has 0 aliphatic heterocycles. The van der Waals surface area contributed by atoms with E-state index in [0.717, 1.165) is 18.9 Å². The average molecular weight is 320 g/mol. The summed E-state index contributed by atoms with van der Waals surface area (Å²) in [6.07, 6.45) is 3.12. The lowest BCUT2D eigenvalue weighted by Crippen LogP contribution is -2.24. The molecule has 3 N–H and O–H groups in total. The Labute approximate surface area is 131 Å². The molecule has 23 heavy (non-hydrogen) atoms. The first-order chi connectivity index (χ1) is 10.9. The zero-order valence-electron chi connectivity index (χ0n) is 12.6. The largest absolute Gasteiger partial charge is 0.489 e. The monoisotopic (exact) mass is 320 g/mol. The Morgan fingerprint density at radius 3 is 2.78 bits per heavy atom. The Morgan fingerprint density at radius 1 is 1.52 bits per heavy atom. The summed E-state index contributed by atoms with van der Waals surface area (Å²) in [6, 6.07) is 2.35. The summed E-state index contributed by atoms with van der Waals surface area (Å²) in [5.41, 5.74) is 5.03. The molecule has 122 valence electrons. The summed E-state index contributed by atoms with van der Waals surface area (Å²) in [5.74, 6) is -2.02. The van der Waals surface area contributed by atoms with Gasteiger partial charge in [0.15, 0.2) is 11.6 Å². The van der Waals surface area contributed by atoms with Crippen LogP contribution in [0, 0.1) is 5.82 Å². The van der Waals surface area contributed by atoms with Crippen molar-refractivity contribution in [1.82, 2.24) is 4.57 Å². The van der Waals surface area contributed by atoms with Crippen LogP contribution in [-0.2, 0) is 0 Å². The molecule has 1 aliphatic rings. The smallest absolute Gasteiger partial charge is 0.341 e. The molecule has 1 unspecified atom stereocenters. The van der Waals surface area contributed by atoms with E-state index >= 15 is 0 Å². The van der Waals surface area contributed by atoms with Gasteiger partial charge in [-0.25, -0.2) is 9.18 Å². The van der Waals surface area contributed by atoms with Gasteiger partial charge < -0.3 is 20.1 Å². The number of nitrogens with zero attached hydrogens (tertiary/aromatic N) is 1. The molecule has 1 aromatic heterocycles. The molecule has 6 nitrogen and oxygen atoms in total. The highest BCUT2D eigenvalue weighted by Crippen LogP contribution is 2.38. The highest BCUT2D eigenvalue weighted by atomic mass is 19.1. The van der Waals surface area contributed by atoms with Crippen LogP contribution in [0.3, 0.4) is 0 Å². The number of benzene rings is 1. The van der Waals surface area contributed by atoms with E-state index in [2.05, 4.69) is 0 Å². The summed E-state index contributed by atoms with van der Waals surface area (Å²) in [4.78, 5) is 23.5. The third-order valence-electron chi connectivity index (χ3n) is 3.76. The summed E-state index contributed by atoms with van der Waals surface area (Å²) in [7, 11) is 0. The van der Waals surface area contributed by atoms with Crippen LogP contribution in [0.2, 0.25) is 0 Å². The van der Waals surface area contributed by atoms with Gasteiger partial charge in [0, 0.05) is 29.7 Å². The molecule has 0 amide bonds. The molecule has 0 spiro atoms. The molecule has 1 saturated carbocycles. The van der Waals surface area contributed by atoms with E-state index in [1.165, 1.54) is 12.3 Å². The number of aromatic carboxylic acids is 1. The van der Waals surface area contributed by atoms with Gasteiger partial charge in [0.1, 0.15) is 12.2 Å². The van der Waals surface area contributed by atoms with Crippen LogP contribution in [0.4, 0.5) is 4.39 Å². The van der Waals surface area contributed by atoms with E-state index in [1.54, 1.807) is 11.5 Å². The average Bonchev–Trinajstić information content (AvgIpc) is 3.30. The number of pyridine rings is 1. The number of halogens is 1. The quantitative estimate of drug-likeness (QED) is 0.877. The van der Waals surface area contributed by atoms with Gasteiger partial charge >= 0.3 is 5.97 Å². The second-order valence-electron chi connectivity index (χ2n) is 5.90. The van der Waals surface area contributed by atoms with Crippen molar-refractivity contribution in [3.8, 4) is 5.75 Å². The Kier molecular flexibility index (Phi) is 3.81. The van der Waals surface area contributed by atoms with E-state index in [1.807, 2.05) is 0 Å². The Morgan fingerprint density at radius 2 is 2.22 bits per heavy atom. The second-order valence-corrected chi connectivity index (χ2v) is 5.90. The van der Waals surface area contributed by atoms with Crippen LogP contribution in [0.25, 0.3) is 10.9 Å². The molecular formula is C16H17FN2O4. The summed E-state index contributed by atoms with van der Waals surface area (Å²) in [5, 5.41) is 9.22. The molecule has 1 aromatic carbocycles. The van der Waals surface area contributed by atoms with Crippen LogP contribution < -0.4 is 15.9 Å². The van der Waals surface area contributed by atoms with Crippen LogP contribution in [-0.4, -0.2) is 28.3 Å². The number of hydrogen-bond acceptors (Lipinski definition) is 4. The van der Waals surface area contributed by atoms with Crippen molar-refractivity contribution >= 4 is 16.9 Å². The van der Waals surface area contributed by atoms with Gasteiger partial charge in [-0.05, 0) is 25.8 Å². The summed E-state index contributed by atoms with van der Waals surface area (Å²) < 4.78 is 21.2. The van der Waals surface area contributed by atoms with Crippen molar-refractivity contribution < 1.29 is 19.0 Å². The molecule has 7 heteroatoms. The number of fused-ring (bicyclic) bond motifs is 1. The maximum absolute atomic E-state index is 14.2. The van der Waals surface area contributed by atoms with Gasteiger partial charge in [0.2, 0.25) is 5.43 Å². The van der Waals surface area contributed by atoms with Crippen LogP contribution in [0.15, 0.2) is 23.1 Å². The minimum Gasteiger partial charge on any atom is -0.489 e. The maximum atomic E-state index is 14.2. The SMILES string of the molecule is CC(N)COc1cc2c(cc1F)c(=O)c(C(=O)O)cn2C1CC1. The van der Waals surface area contributed by atoms with E-state index in [-0.39, 0.29) is 35.4 Å². The third-order valence-corrected chi connectivity index (χ3v) is 3.76. The Balaban J connectivity index is 2.21. The first-order valence-corrected chi connectivity index (χ1v) is 7.38. The standard InChI is InChI=1S/C16H17FN2O4/c1-8(18)7-23-14-5-13-10(4-12(14)17)15(20)11(16(21)22)6-19(13)9-2-3-9/h4-6,8-9H,2-3,7,18H2,1H3,(H,21,22). The first kappa shape index (κ1) is 15.5. The molecule has 3 rings (SSSR count). The minimum atomic E-state index is -1.32. The topological polar surface area (TPSA) is 94.6 Å². The van der Waals surface area contributed by atoms with Gasteiger partial charge in [-0.1, -0.05) is 0 Å². The van der Waals surface area contributed by atoms with Gasteiger partial charge in [-0.2, -0.15) is 0 Å². The molecular weight excluding hydrogens is 303 g/mol. The van der Waals surface area contributed by atoms with E-state index < -0.39 is 17.2 Å². The van der Waals surface area contributed by atoms with Crippen molar-refractivity contribution in [3.63, 3.8) is 0 Å². The number of carbonyl (C=O) groups is 1. The molecule has 1 heterocycles. The molecule has 0 bridgehead atoms. The van der Waals surface area contributed by atoms with Crippen LogP contribution in [0.5, 0.6) is 5.75 Å². The minimum absolute atomic E-state index is 0.00618. The van der Waals surface area contributed by atoms with Gasteiger partial charge in [0.05, 0.1) is 5.52 Å². The first-order valence-electron chi connectivity index (χ1n) is 7.38. The molecule has 2 aromatic rings. The van der Waals surface area contributed by atoms with Crippen molar-refractivity contribution in [2.75, 3.05) is 6.61 Å². The Bertz CT molecular complexity index is 840. The lowest BCUT2D eigenvalue weighted by Gasteiger charge is -2.14. The lowest BCUT2D eigenvalue weighted by atomic mass is 10.1. The second kappa shape index (κ2) is 5.66. The number of rotatable bonds is 5. The number of aromatic nitrogens is 1. The van der Waals surface area contributed by atoms with Crippen molar-refractivity contribution in [3.05, 3.63) is 39.9 Å². The van der Waals surface area contributed by atoms with Crippen molar-refractivity contribution in [2.45, 2.75) is 31.8 Å². The predicted octanol–water partition coefficient (Wildman–Crippen LogP) is 1.90. The number of nitrogens with two attached hydrogens (primary N) is 1. The third kappa shape index (κ3) is 2.92. The molecule has 1 fully saturated rings. The molecule has 1 aliphatic carbocycles. The lowest BCUT2D eigenvalue weighted by molar-refractivity contribution is 0.0695. The fraction of sp³-hybridized carbons (Fsp3) is 0.375. The highest BCUT2D eigenvalue weighted by molar-refractivity contribution is 5.93. The van der Waals surface area contributed by atoms with Crippen molar-refractivity contribution in [2.24, 2.45) is 5.73 Å². The summed E-state index contributed by atoms with van der Waals surface area (Å²) in [6.45, 7) is 1.88. The number of carboxylic acid groups (broad SMARTS) is 1. The maximum Gasteiger partial charge on any atom is 0.341 e. The Hall–Kier alpha value is -2.41. The number of hydrogen-bond donors (Lipinski definition) is 2. The molecule has 1 atom stereocenters. The van der Waals surface area contributed by atoms with E-state index in [0.29, 0.717) is 5.52 Å². The van der Waals surface area contributed by atoms with Crippen molar-refractivity contribution in [1.29, 1.82) is 0 Å². The van der Waals surface area contributed by atoms with Gasteiger partial charge in [0.25, 0.3) is 0 Å². The zero-order chi connectivity index (χ0) is 16.7. The fourth-order valence-corrected chi connectivity index (χ4v) is 2.49. The zero-order valence-corrected chi connectivity index (χ0v) is 12.6. The highest BCUT2D eigenvalue weighted by Gasteiger charge is 2.27. The van der Waals surface area contributed by atoms with Gasteiger partial charge in [-0.3, -0.25) is 4.79 Å². The normalized spacial score (nSPS) is 15.6. The summed E-state index contributed by atoms with van der Waals surface area (Å²) >= 11 is 0. The molecule has 0 saturated heterocycles. The van der Waals surface area contributed by atoms with Crippen LogP contribution in [0.1, 0.15) is 36.2 Å². The fourth-order valence-electron chi connectivity index (χ4n) is 2.49. The van der Waals surface area contributed by atoms with Gasteiger partial charge in [-0.15, -0.1) is 0 Å². The number of carboxylic acids is 1. The van der Waals surface area contributed by atoms with E-state index in [9.17, 15) is 19.1 Å². The van der Waals surface area contributed by atoms with Crippen LogP contribution >= 0.6 is 0 Å². The predicted molar refractivity (Wildman–Crippen MR) is 82.5 cm³/mol. The van der Waals surface area contributed by atoms with E-state index in [4.69, 9.17) is 10.5 Å². The number of ether oxygens (including phenoxy) is 1. The molecule has 0 radical (unpaired) electrons.